The van der Waals surface area contributed by atoms with E-state index < -0.39 is 0 Å². The zero-order chi connectivity index (χ0) is 13.7. The fourth-order valence-corrected chi connectivity index (χ4v) is 2.89. The van der Waals surface area contributed by atoms with E-state index in [1.54, 1.807) is 6.07 Å². The first-order chi connectivity index (χ1) is 9.19. The lowest BCUT2D eigenvalue weighted by Gasteiger charge is -2.28. The van der Waals surface area contributed by atoms with Gasteiger partial charge in [0, 0.05) is 6.04 Å². The van der Waals surface area contributed by atoms with Crippen LogP contribution in [0.1, 0.15) is 57.7 Å². The van der Waals surface area contributed by atoms with Gasteiger partial charge in [0.15, 0.2) is 0 Å². The number of hydrogen-bond donors (Lipinski definition) is 1. The zero-order valence-corrected chi connectivity index (χ0v) is 12.0. The van der Waals surface area contributed by atoms with Gasteiger partial charge in [-0.2, -0.15) is 0 Å². The molecule has 1 aromatic rings. The molecule has 2 rings (SSSR count). The summed E-state index contributed by atoms with van der Waals surface area (Å²) in [7, 11) is 0. The number of rotatable bonds is 5. The van der Waals surface area contributed by atoms with Gasteiger partial charge in [-0.3, -0.25) is 4.98 Å². The number of hydrogen-bond acceptors (Lipinski definition) is 2. The molecule has 3 heteroatoms. The van der Waals surface area contributed by atoms with Crippen LogP contribution in [0.25, 0.3) is 0 Å². The van der Waals surface area contributed by atoms with Crippen LogP contribution in [0.3, 0.4) is 0 Å². The van der Waals surface area contributed by atoms with Crippen LogP contribution in [0, 0.1) is 17.7 Å². The highest BCUT2D eigenvalue weighted by atomic mass is 19.1. The van der Waals surface area contributed by atoms with Crippen LogP contribution < -0.4 is 5.32 Å². The summed E-state index contributed by atoms with van der Waals surface area (Å²) in [5.41, 5.74) is 0.952. The van der Waals surface area contributed by atoms with E-state index in [2.05, 4.69) is 24.1 Å². The predicted octanol–water partition coefficient (Wildman–Crippen LogP) is 4.09. The Morgan fingerprint density at radius 3 is 2.63 bits per heavy atom. The van der Waals surface area contributed by atoms with Crippen molar-refractivity contribution in [3.8, 4) is 0 Å². The summed E-state index contributed by atoms with van der Waals surface area (Å²) in [6.07, 6.45) is 7.68. The molecule has 1 fully saturated rings. The van der Waals surface area contributed by atoms with Crippen LogP contribution in [0.5, 0.6) is 0 Å². The molecule has 0 aromatic carbocycles. The fraction of sp³-hybridized carbons (Fsp3) is 0.688. The van der Waals surface area contributed by atoms with Crippen LogP contribution in [0.2, 0.25) is 0 Å². The SMILES string of the molecule is CCC(NCC1CCC(C)CC1)c1ccc(F)cn1. The van der Waals surface area contributed by atoms with Gasteiger partial charge in [-0.15, -0.1) is 0 Å². The van der Waals surface area contributed by atoms with Gasteiger partial charge in [0.2, 0.25) is 0 Å². The van der Waals surface area contributed by atoms with Crippen molar-refractivity contribution in [2.75, 3.05) is 6.54 Å². The molecule has 0 saturated heterocycles. The molecule has 0 aliphatic heterocycles. The lowest BCUT2D eigenvalue weighted by atomic mass is 9.83. The van der Waals surface area contributed by atoms with Crippen molar-refractivity contribution >= 4 is 0 Å². The smallest absolute Gasteiger partial charge is 0.141 e. The molecule has 0 amide bonds. The summed E-state index contributed by atoms with van der Waals surface area (Å²) in [5.74, 6) is 1.43. The van der Waals surface area contributed by atoms with Crippen LogP contribution >= 0.6 is 0 Å². The second-order valence-electron chi connectivity index (χ2n) is 5.90. The van der Waals surface area contributed by atoms with Crippen molar-refractivity contribution < 1.29 is 4.39 Å². The van der Waals surface area contributed by atoms with Gasteiger partial charge < -0.3 is 5.32 Å². The summed E-state index contributed by atoms with van der Waals surface area (Å²) in [5, 5.41) is 3.60. The largest absolute Gasteiger partial charge is 0.308 e. The summed E-state index contributed by atoms with van der Waals surface area (Å²) >= 11 is 0. The van der Waals surface area contributed by atoms with Gasteiger partial charge in [0.25, 0.3) is 0 Å². The summed E-state index contributed by atoms with van der Waals surface area (Å²) in [6.45, 7) is 5.55. The molecule has 2 nitrogen and oxygen atoms in total. The van der Waals surface area contributed by atoms with Gasteiger partial charge in [0.1, 0.15) is 5.82 Å². The Morgan fingerprint density at radius 1 is 1.32 bits per heavy atom. The summed E-state index contributed by atoms with van der Waals surface area (Å²) in [6, 6.07) is 3.54. The minimum atomic E-state index is -0.264. The van der Waals surface area contributed by atoms with E-state index in [4.69, 9.17) is 0 Å². The summed E-state index contributed by atoms with van der Waals surface area (Å²) in [4.78, 5) is 4.19. The standard InChI is InChI=1S/C16H25FN2/c1-3-15(16-9-8-14(17)11-19-16)18-10-13-6-4-12(2)5-7-13/h8-9,11-13,15,18H,3-7,10H2,1-2H3. The van der Waals surface area contributed by atoms with Gasteiger partial charge in [-0.05, 0) is 49.8 Å². The highest BCUT2D eigenvalue weighted by Crippen LogP contribution is 2.28. The molecule has 1 unspecified atom stereocenters. The minimum absolute atomic E-state index is 0.250. The molecule has 1 saturated carbocycles. The van der Waals surface area contributed by atoms with E-state index in [-0.39, 0.29) is 11.9 Å². The minimum Gasteiger partial charge on any atom is -0.308 e. The molecule has 1 N–H and O–H groups in total. The third-order valence-corrected chi connectivity index (χ3v) is 4.30. The van der Waals surface area contributed by atoms with E-state index in [0.29, 0.717) is 0 Å². The number of nitrogens with zero attached hydrogens (tertiary/aromatic N) is 1. The van der Waals surface area contributed by atoms with Crippen LogP contribution in [-0.4, -0.2) is 11.5 Å². The first kappa shape index (κ1) is 14.4. The first-order valence-electron chi connectivity index (χ1n) is 7.53. The van der Waals surface area contributed by atoms with E-state index in [0.717, 1.165) is 30.5 Å². The van der Waals surface area contributed by atoms with Gasteiger partial charge in [0.05, 0.1) is 11.9 Å². The van der Waals surface area contributed by atoms with Crippen LogP contribution in [0.4, 0.5) is 4.39 Å². The second-order valence-corrected chi connectivity index (χ2v) is 5.90. The Kier molecular flexibility index (Phi) is 5.32. The van der Waals surface area contributed by atoms with Crippen molar-refractivity contribution in [1.82, 2.24) is 10.3 Å². The van der Waals surface area contributed by atoms with E-state index in [1.165, 1.54) is 37.9 Å². The molecule has 0 spiro atoms. The second kappa shape index (κ2) is 6.99. The molecule has 1 aliphatic carbocycles. The monoisotopic (exact) mass is 264 g/mol. The maximum atomic E-state index is 12.9. The predicted molar refractivity (Wildman–Crippen MR) is 76.4 cm³/mol. The molecule has 1 aromatic heterocycles. The third kappa shape index (κ3) is 4.27. The normalized spacial score (nSPS) is 25.2. The number of halogens is 1. The summed E-state index contributed by atoms with van der Waals surface area (Å²) < 4.78 is 12.9. The molecule has 1 atom stereocenters. The van der Waals surface area contributed by atoms with Crippen molar-refractivity contribution in [2.24, 2.45) is 11.8 Å². The number of pyridine rings is 1. The van der Waals surface area contributed by atoms with Crippen molar-refractivity contribution in [3.63, 3.8) is 0 Å². The molecule has 1 heterocycles. The number of aromatic nitrogens is 1. The average Bonchev–Trinajstić information content (AvgIpc) is 2.43. The Morgan fingerprint density at radius 2 is 2.05 bits per heavy atom. The van der Waals surface area contributed by atoms with Crippen LogP contribution in [-0.2, 0) is 0 Å². The zero-order valence-electron chi connectivity index (χ0n) is 12.0. The fourth-order valence-electron chi connectivity index (χ4n) is 2.89. The topological polar surface area (TPSA) is 24.9 Å². The van der Waals surface area contributed by atoms with Gasteiger partial charge in [-0.25, -0.2) is 4.39 Å². The highest BCUT2D eigenvalue weighted by molar-refractivity contribution is 5.09. The van der Waals surface area contributed by atoms with Crippen molar-refractivity contribution in [3.05, 3.63) is 29.8 Å². The quantitative estimate of drug-likeness (QED) is 0.866. The maximum Gasteiger partial charge on any atom is 0.141 e. The van der Waals surface area contributed by atoms with E-state index in [1.807, 2.05) is 0 Å². The molecular formula is C16H25FN2. The molecule has 0 radical (unpaired) electrons. The molecule has 19 heavy (non-hydrogen) atoms. The lowest BCUT2D eigenvalue weighted by Crippen LogP contribution is -2.29. The lowest BCUT2D eigenvalue weighted by molar-refractivity contribution is 0.272. The Labute approximate surface area is 115 Å². The molecular weight excluding hydrogens is 239 g/mol. The van der Waals surface area contributed by atoms with Gasteiger partial charge in [-0.1, -0.05) is 26.7 Å². The Hall–Kier alpha value is -0.960. The van der Waals surface area contributed by atoms with Gasteiger partial charge >= 0.3 is 0 Å². The van der Waals surface area contributed by atoms with E-state index >= 15 is 0 Å². The van der Waals surface area contributed by atoms with Crippen LogP contribution in [0.15, 0.2) is 18.3 Å². The average molecular weight is 264 g/mol. The van der Waals surface area contributed by atoms with Crippen molar-refractivity contribution in [1.29, 1.82) is 0 Å². The molecule has 1 aliphatic rings. The maximum absolute atomic E-state index is 12.9. The Balaban J connectivity index is 1.84. The molecule has 106 valence electrons. The molecule has 0 bridgehead atoms. The number of nitrogens with one attached hydrogen (secondary N) is 1. The van der Waals surface area contributed by atoms with E-state index in [9.17, 15) is 4.39 Å². The first-order valence-corrected chi connectivity index (χ1v) is 7.53. The third-order valence-electron chi connectivity index (χ3n) is 4.30. The highest BCUT2D eigenvalue weighted by Gasteiger charge is 2.19. The van der Waals surface area contributed by atoms with Crippen molar-refractivity contribution in [2.45, 2.75) is 52.0 Å². The Bertz CT molecular complexity index is 369.